The number of benzene rings is 2. The first-order valence-electron chi connectivity index (χ1n) is 12.4. The second-order valence-electron chi connectivity index (χ2n) is 10.4. The predicted molar refractivity (Wildman–Crippen MR) is 136 cm³/mol. The van der Waals surface area contributed by atoms with E-state index in [1.165, 1.54) is 12.1 Å². The van der Waals surface area contributed by atoms with E-state index in [1.54, 1.807) is 12.5 Å². The van der Waals surface area contributed by atoms with Gasteiger partial charge < -0.3 is 23.6 Å². The number of aryl methyl sites for hydroxylation is 1. The van der Waals surface area contributed by atoms with Gasteiger partial charge in [-0.3, -0.25) is 0 Å². The maximum absolute atomic E-state index is 13.7. The molecule has 7 rings (SSSR count). The number of aromatic nitrogens is 3. The molecule has 0 radical (unpaired) electrons. The normalized spacial score (nSPS) is 23.6. The molecule has 0 saturated carbocycles. The van der Waals surface area contributed by atoms with Crippen LogP contribution in [0.5, 0.6) is 0 Å². The number of halogens is 1. The summed E-state index contributed by atoms with van der Waals surface area (Å²) in [5.41, 5.74) is 5.57. The number of oxime groups is 1. The summed E-state index contributed by atoms with van der Waals surface area (Å²) in [6.07, 6.45) is 8.28. The van der Waals surface area contributed by atoms with Gasteiger partial charge in [-0.1, -0.05) is 28.5 Å². The number of ether oxygens (including phenoxy) is 1. The lowest BCUT2D eigenvalue weighted by Gasteiger charge is -2.53. The summed E-state index contributed by atoms with van der Waals surface area (Å²) in [6.45, 7) is 6.16. The molecule has 2 unspecified atom stereocenters. The third-order valence-corrected chi connectivity index (χ3v) is 7.60. The second kappa shape index (κ2) is 8.27. The molecule has 4 aromatic rings. The molecule has 2 saturated heterocycles. The summed E-state index contributed by atoms with van der Waals surface area (Å²) in [4.78, 5) is 12.6. The smallest absolute Gasteiger partial charge is 0.191 e. The molecule has 0 aliphatic carbocycles. The van der Waals surface area contributed by atoms with Gasteiger partial charge in [-0.05, 0) is 61.2 Å². The fraction of sp³-hybridized carbons (Fsp3) is 0.321. The number of piperidine rings is 1. The van der Waals surface area contributed by atoms with Gasteiger partial charge in [0, 0.05) is 18.2 Å². The Morgan fingerprint density at radius 2 is 1.97 bits per heavy atom. The quantitative estimate of drug-likeness (QED) is 0.393. The Morgan fingerprint density at radius 1 is 1.14 bits per heavy atom. The zero-order valence-corrected chi connectivity index (χ0v) is 20.6. The highest BCUT2D eigenvalue weighted by atomic mass is 19.1. The summed E-state index contributed by atoms with van der Waals surface area (Å²) in [5.74, 6) is 0.556. The van der Waals surface area contributed by atoms with Crippen LogP contribution in [-0.2, 0) is 9.57 Å². The molecule has 1 spiro atoms. The third-order valence-electron chi connectivity index (χ3n) is 7.60. The monoisotopic (exact) mass is 499 g/mol. The zero-order valence-electron chi connectivity index (χ0n) is 20.6. The molecule has 2 fully saturated rings. The maximum Gasteiger partial charge on any atom is 0.191 e. The van der Waals surface area contributed by atoms with Crippen molar-refractivity contribution in [1.82, 2.24) is 19.6 Å². The average Bonchev–Trinajstić information content (AvgIpc) is 3.53. The molecule has 3 aliphatic rings. The van der Waals surface area contributed by atoms with Gasteiger partial charge in [0.25, 0.3) is 0 Å². The number of imidazole rings is 1. The van der Waals surface area contributed by atoms with Crippen molar-refractivity contribution in [2.75, 3.05) is 19.8 Å². The van der Waals surface area contributed by atoms with Crippen LogP contribution in [0.4, 0.5) is 4.39 Å². The van der Waals surface area contributed by atoms with Gasteiger partial charge in [0.2, 0.25) is 0 Å². The second-order valence-corrected chi connectivity index (χ2v) is 10.4. The summed E-state index contributed by atoms with van der Waals surface area (Å²) >= 11 is 0. The van der Waals surface area contributed by atoms with Crippen LogP contribution in [0.15, 0.2) is 70.4 Å². The van der Waals surface area contributed by atoms with Gasteiger partial charge >= 0.3 is 0 Å². The van der Waals surface area contributed by atoms with Crippen LogP contribution in [-0.4, -0.2) is 51.3 Å². The van der Waals surface area contributed by atoms with Crippen LogP contribution >= 0.6 is 0 Å². The fourth-order valence-corrected chi connectivity index (χ4v) is 5.79. The molecule has 0 amide bonds. The molecule has 8 nitrogen and oxygen atoms in total. The lowest BCUT2D eigenvalue weighted by Crippen LogP contribution is -2.59. The van der Waals surface area contributed by atoms with E-state index in [-0.39, 0.29) is 23.4 Å². The van der Waals surface area contributed by atoms with Gasteiger partial charge in [0.05, 0.1) is 48.5 Å². The van der Waals surface area contributed by atoms with Gasteiger partial charge in [-0.15, -0.1) is 0 Å². The third kappa shape index (κ3) is 3.64. The van der Waals surface area contributed by atoms with Crippen molar-refractivity contribution in [3.8, 4) is 5.69 Å². The average molecular weight is 500 g/mol. The van der Waals surface area contributed by atoms with Gasteiger partial charge in [-0.2, -0.15) is 0 Å². The molecule has 0 N–H and O–H groups in total. The van der Waals surface area contributed by atoms with E-state index in [9.17, 15) is 4.39 Å². The summed E-state index contributed by atoms with van der Waals surface area (Å²) in [5, 5.41) is 9.58. The minimum absolute atomic E-state index is 0.00222. The Bertz CT molecular complexity index is 1550. The Hall–Kier alpha value is -3.98. The van der Waals surface area contributed by atoms with Gasteiger partial charge in [0.1, 0.15) is 11.9 Å². The molecule has 2 aromatic heterocycles. The standard InChI is InChI=1S/C28H26FN5O3/c1-17-12-33(16-30-17)24-8-5-20(23-11-31-37-26(23)24)9-21-10-28(14-35-15-28)13-34-25(18(2)36-32-27(21)34)19-3-6-22(29)7-4-19/h3-9,11-12,16,18,25H,10,13-15H2,1-2H3. The molecule has 0 bridgehead atoms. The summed E-state index contributed by atoms with van der Waals surface area (Å²) in [7, 11) is 0. The van der Waals surface area contributed by atoms with Crippen molar-refractivity contribution in [3.05, 3.63) is 83.3 Å². The minimum atomic E-state index is -0.253. The molecule has 2 atom stereocenters. The number of rotatable bonds is 3. The Labute approximate surface area is 213 Å². The number of hydrogen-bond donors (Lipinski definition) is 0. The van der Waals surface area contributed by atoms with Crippen molar-refractivity contribution in [3.63, 3.8) is 0 Å². The largest absolute Gasteiger partial charge is 0.389 e. The lowest BCUT2D eigenvalue weighted by molar-refractivity contribution is -0.136. The van der Waals surface area contributed by atoms with Crippen LogP contribution in [0, 0.1) is 18.2 Å². The molecule has 3 aliphatic heterocycles. The molecular formula is C28H26FN5O3. The highest BCUT2D eigenvalue weighted by Gasteiger charge is 2.50. The number of fused-ring (bicyclic) bond motifs is 2. The summed E-state index contributed by atoms with van der Waals surface area (Å²) < 4.78 is 27.0. The van der Waals surface area contributed by atoms with E-state index in [4.69, 9.17) is 14.1 Å². The topological polar surface area (TPSA) is 77.9 Å². The predicted octanol–water partition coefficient (Wildman–Crippen LogP) is 5.04. The Balaban J connectivity index is 1.32. The first-order valence-corrected chi connectivity index (χ1v) is 12.4. The van der Waals surface area contributed by atoms with E-state index >= 15 is 0 Å². The highest BCUT2D eigenvalue weighted by Crippen LogP contribution is 2.46. The van der Waals surface area contributed by atoms with Crippen LogP contribution in [0.1, 0.15) is 36.2 Å². The van der Waals surface area contributed by atoms with Crippen LogP contribution < -0.4 is 0 Å². The molecule has 188 valence electrons. The van der Waals surface area contributed by atoms with E-state index in [1.807, 2.05) is 42.8 Å². The van der Waals surface area contributed by atoms with E-state index in [2.05, 4.69) is 32.3 Å². The van der Waals surface area contributed by atoms with E-state index in [0.717, 1.165) is 52.3 Å². The molecule has 5 heterocycles. The first kappa shape index (κ1) is 22.2. The van der Waals surface area contributed by atoms with E-state index in [0.29, 0.717) is 18.8 Å². The fourth-order valence-electron chi connectivity index (χ4n) is 5.79. The van der Waals surface area contributed by atoms with Crippen molar-refractivity contribution >= 4 is 22.9 Å². The van der Waals surface area contributed by atoms with Gasteiger partial charge in [0.15, 0.2) is 11.4 Å². The van der Waals surface area contributed by atoms with E-state index < -0.39 is 0 Å². The zero-order chi connectivity index (χ0) is 25.1. The molecule has 2 aromatic carbocycles. The Kier molecular flexibility index (Phi) is 4.97. The van der Waals surface area contributed by atoms with Crippen molar-refractivity contribution in [2.24, 2.45) is 10.6 Å². The molecular weight excluding hydrogens is 473 g/mol. The number of hydrogen-bond acceptors (Lipinski definition) is 7. The summed E-state index contributed by atoms with van der Waals surface area (Å²) in [6, 6.07) is 10.7. The van der Waals surface area contributed by atoms with Crippen molar-refractivity contribution in [1.29, 1.82) is 0 Å². The molecule has 37 heavy (non-hydrogen) atoms. The highest BCUT2D eigenvalue weighted by molar-refractivity contribution is 6.05. The maximum atomic E-state index is 13.7. The molecule has 9 heteroatoms. The number of amidine groups is 1. The van der Waals surface area contributed by atoms with Gasteiger partial charge in [-0.25, -0.2) is 9.37 Å². The van der Waals surface area contributed by atoms with Crippen LogP contribution in [0.2, 0.25) is 0 Å². The van der Waals surface area contributed by atoms with Crippen LogP contribution in [0.3, 0.4) is 0 Å². The first-order chi connectivity index (χ1) is 18.0. The van der Waals surface area contributed by atoms with Crippen LogP contribution in [0.25, 0.3) is 22.7 Å². The lowest BCUT2D eigenvalue weighted by atomic mass is 9.74. The van der Waals surface area contributed by atoms with Crippen molar-refractivity contribution in [2.45, 2.75) is 32.4 Å². The van der Waals surface area contributed by atoms with Crippen molar-refractivity contribution < 1.29 is 18.5 Å². The minimum Gasteiger partial charge on any atom is -0.389 e. The Morgan fingerprint density at radius 3 is 2.70 bits per heavy atom. The SMILES string of the molecule is Cc1cn(-c2ccc(C=C3CC4(COC4)CN4C3=NOC(C)C4c3ccc(F)cc3)c3cnoc23)cn1. The number of nitrogens with zero attached hydrogens (tertiary/aromatic N) is 5.